The Kier molecular flexibility index (Phi) is 8.13. The van der Waals surface area contributed by atoms with Gasteiger partial charge in [0.2, 0.25) is 0 Å². The number of ether oxygens (including phenoxy) is 2. The fourth-order valence-electron chi connectivity index (χ4n) is 2.87. The summed E-state index contributed by atoms with van der Waals surface area (Å²) >= 11 is 4.32. The third kappa shape index (κ3) is 5.80. The Morgan fingerprint density at radius 1 is 1.22 bits per heavy atom. The first-order valence-corrected chi connectivity index (χ1v) is 11.3. The van der Waals surface area contributed by atoms with E-state index >= 15 is 0 Å². The number of anilines is 1. The van der Waals surface area contributed by atoms with Gasteiger partial charge in [-0.3, -0.25) is 19.3 Å². The molecule has 1 aliphatic heterocycles. The van der Waals surface area contributed by atoms with Crippen LogP contribution in [-0.4, -0.2) is 41.7 Å². The highest BCUT2D eigenvalue weighted by Gasteiger charge is 2.34. The number of nitrogens with one attached hydrogen (secondary N) is 1. The second-order valence-corrected chi connectivity index (χ2v) is 8.39. The van der Waals surface area contributed by atoms with Gasteiger partial charge < -0.3 is 14.8 Å². The van der Waals surface area contributed by atoms with Crippen molar-refractivity contribution in [2.24, 2.45) is 0 Å². The molecule has 0 aromatic heterocycles. The molecule has 9 heteroatoms. The first kappa shape index (κ1) is 23.6. The molecule has 0 radical (unpaired) electrons. The number of halogens is 1. The molecule has 1 aliphatic rings. The Hall–Kier alpha value is -3.04. The summed E-state index contributed by atoms with van der Waals surface area (Å²) in [4.78, 5) is 38.2. The zero-order valence-corrected chi connectivity index (χ0v) is 19.7. The van der Waals surface area contributed by atoms with Crippen molar-refractivity contribution < 1.29 is 23.9 Å². The lowest BCUT2D eigenvalue weighted by atomic mass is 10.2. The van der Waals surface area contributed by atoms with Crippen molar-refractivity contribution in [3.8, 4) is 11.5 Å². The van der Waals surface area contributed by atoms with Crippen LogP contribution in [0.25, 0.3) is 6.08 Å². The van der Waals surface area contributed by atoms with Gasteiger partial charge in [0.25, 0.3) is 17.1 Å². The molecule has 1 N–H and O–H groups in total. The minimum absolute atomic E-state index is 0.160. The molecule has 0 saturated carbocycles. The number of hydrogen-bond acceptors (Lipinski definition) is 6. The van der Waals surface area contributed by atoms with Crippen molar-refractivity contribution in [3.63, 3.8) is 0 Å². The highest BCUT2D eigenvalue weighted by Crippen LogP contribution is 2.39. The summed E-state index contributed by atoms with van der Waals surface area (Å²) in [5.74, 6) is 0.0929. The SMILES string of the molecule is C=CCN1C(=O)S/C(=C/c2cc(Br)c(OCC(=O)Nc3ccccc3)c(OCC)c2)C1=O. The topological polar surface area (TPSA) is 84.9 Å². The van der Waals surface area contributed by atoms with Crippen LogP contribution in [0.4, 0.5) is 10.5 Å². The molecule has 1 saturated heterocycles. The van der Waals surface area contributed by atoms with Crippen LogP contribution in [0.1, 0.15) is 12.5 Å². The maximum Gasteiger partial charge on any atom is 0.293 e. The van der Waals surface area contributed by atoms with Gasteiger partial charge in [-0.1, -0.05) is 24.3 Å². The maximum absolute atomic E-state index is 12.5. The summed E-state index contributed by atoms with van der Waals surface area (Å²) in [5, 5.41) is 2.41. The lowest BCUT2D eigenvalue weighted by Crippen LogP contribution is -2.27. The fraction of sp³-hybridized carbons (Fsp3) is 0.174. The highest BCUT2D eigenvalue weighted by molar-refractivity contribution is 9.10. The van der Waals surface area contributed by atoms with E-state index in [2.05, 4.69) is 27.8 Å². The number of nitrogens with zero attached hydrogens (tertiary/aromatic N) is 1. The molecule has 32 heavy (non-hydrogen) atoms. The number of amides is 3. The van der Waals surface area contributed by atoms with E-state index in [-0.39, 0.29) is 30.2 Å². The molecule has 1 heterocycles. The standard InChI is InChI=1S/C23H21BrN2O5S/c1-3-10-26-22(28)19(32-23(26)29)13-15-11-17(24)21(18(12-15)30-4-2)31-14-20(27)25-16-8-6-5-7-9-16/h3,5-9,11-13H,1,4,10,14H2,2H3,(H,25,27)/b19-13+. The van der Waals surface area contributed by atoms with Gasteiger partial charge in [-0.05, 0) is 70.5 Å². The molecule has 0 atom stereocenters. The molecule has 1 fully saturated rings. The number of thioether (sulfide) groups is 1. The van der Waals surface area contributed by atoms with Crippen molar-refractivity contribution in [3.05, 3.63) is 70.1 Å². The number of carbonyl (C=O) groups is 3. The monoisotopic (exact) mass is 516 g/mol. The van der Waals surface area contributed by atoms with Crippen LogP contribution < -0.4 is 14.8 Å². The van der Waals surface area contributed by atoms with E-state index in [4.69, 9.17) is 9.47 Å². The largest absolute Gasteiger partial charge is 0.490 e. The Labute approximate surface area is 198 Å². The summed E-state index contributed by atoms with van der Waals surface area (Å²) in [6.45, 7) is 5.71. The Morgan fingerprint density at radius 2 is 1.97 bits per heavy atom. The number of hydrogen-bond donors (Lipinski definition) is 1. The van der Waals surface area contributed by atoms with Crippen molar-refractivity contribution in [2.45, 2.75) is 6.92 Å². The Bertz CT molecular complexity index is 1070. The van der Waals surface area contributed by atoms with E-state index in [1.54, 1.807) is 30.3 Å². The van der Waals surface area contributed by atoms with Gasteiger partial charge in [0.05, 0.1) is 16.0 Å². The van der Waals surface area contributed by atoms with Crippen molar-refractivity contribution in [1.82, 2.24) is 4.90 Å². The average Bonchev–Trinajstić information content (AvgIpc) is 3.02. The molecule has 0 unspecified atom stereocenters. The molecule has 3 rings (SSSR count). The lowest BCUT2D eigenvalue weighted by molar-refractivity contribution is -0.122. The second kappa shape index (κ2) is 11.0. The lowest BCUT2D eigenvalue weighted by Gasteiger charge is -2.15. The molecule has 0 aliphatic carbocycles. The first-order valence-electron chi connectivity index (χ1n) is 9.73. The zero-order chi connectivity index (χ0) is 23.1. The number of rotatable bonds is 9. The van der Waals surface area contributed by atoms with Crippen molar-refractivity contribution in [1.29, 1.82) is 0 Å². The normalized spacial score (nSPS) is 14.6. The van der Waals surface area contributed by atoms with Gasteiger partial charge >= 0.3 is 0 Å². The number of benzene rings is 2. The third-order valence-corrected chi connectivity index (χ3v) is 5.72. The van der Waals surface area contributed by atoms with Gasteiger partial charge in [-0.15, -0.1) is 6.58 Å². The minimum Gasteiger partial charge on any atom is -0.490 e. The van der Waals surface area contributed by atoms with Crippen LogP contribution in [0, 0.1) is 0 Å². The van der Waals surface area contributed by atoms with E-state index in [0.29, 0.717) is 38.7 Å². The van der Waals surface area contributed by atoms with Crippen LogP contribution in [0.5, 0.6) is 11.5 Å². The van der Waals surface area contributed by atoms with E-state index in [1.807, 2.05) is 25.1 Å². The van der Waals surface area contributed by atoms with Crippen LogP contribution in [0.2, 0.25) is 0 Å². The van der Waals surface area contributed by atoms with Gasteiger partial charge in [0.15, 0.2) is 18.1 Å². The van der Waals surface area contributed by atoms with Gasteiger partial charge in [-0.25, -0.2) is 0 Å². The Balaban J connectivity index is 1.77. The molecule has 166 valence electrons. The molecule has 7 nitrogen and oxygen atoms in total. The molecule has 2 aromatic rings. The first-order chi connectivity index (χ1) is 15.4. The number of imide groups is 1. The van der Waals surface area contributed by atoms with Crippen LogP contribution in [-0.2, 0) is 9.59 Å². The van der Waals surface area contributed by atoms with Crippen LogP contribution in [0.15, 0.2) is 64.5 Å². The summed E-state index contributed by atoms with van der Waals surface area (Å²) in [5.41, 5.74) is 1.32. The minimum atomic E-state index is -0.369. The van der Waals surface area contributed by atoms with E-state index in [1.165, 1.54) is 6.08 Å². The van der Waals surface area contributed by atoms with Crippen LogP contribution in [0.3, 0.4) is 0 Å². The van der Waals surface area contributed by atoms with E-state index in [0.717, 1.165) is 16.7 Å². The van der Waals surface area contributed by atoms with E-state index < -0.39 is 0 Å². The predicted molar refractivity (Wildman–Crippen MR) is 129 cm³/mol. The second-order valence-electron chi connectivity index (χ2n) is 6.55. The van der Waals surface area contributed by atoms with Crippen LogP contribution >= 0.6 is 27.7 Å². The summed E-state index contributed by atoms with van der Waals surface area (Å²) in [6, 6.07) is 12.5. The Morgan fingerprint density at radius 3 is 2.66 bits per heavy atom. The highest BCUT2D eigenvalue weighted by atomic mass is 79.9. The zero-order valence-electron chi connectivity index (χ0n) is 17.3. The van der Waals surface area contributed by atoms with Crippen molar-refractivity contribution >= 4 is 56.5 Å². The molecule has 0 spiro atoms. The fourth-order valence-corrected chi connectivity index (χ4v) is 4.29. The maximum atomic E-state index is 12.5. The molecular formula is C23H21BrN2O5S. The molecule has 3 amide bonds. The van der Waals surface area contributed by atoms with E-state index in [9.17, 15) is 14.4 Å². The van der Waals surface area contributed by atoms with Gasteiger partial charge in [0, 0.05) is 12.2 Å². The molecular weight excluding hydrogens is 496 g/mol. The average molecular weight is 517 g/mol. The van der Waals surface area contributed by atoms with Gasteiger partial charge in [-0.2, -0.15) is 0 Å². The summed E-state index contributed by atoms with van der Waals surface area (Å²) in [7, 11) is 0. The smallest absolute Gasteiger partial charge is 0.293 e. The third-order valence-electron chi connectivity index (χ3n) is 4.22. The number of para-hydroxylation sites is 1. The van der Waals surface area contributed by atoms with Gasteiger partial charge in [0.1, 0.15) is 0 Å². The molecule has 2 aromatic carbocycles. The summed E-state index contributed by atoms with van der Waals surface area (Å²) < 4.78 is 11.9. The number of carbonyl (C=O) groups excluding carboxylic acids is 3. The van der Waals surface area contributed by atoms with Crippen molar-refractivity contribution in [2.75, 3.05) is 25.1 Å². The summed E-state index contributed by atoms with van der Waals surface area (Å²) in [6.07, 6.45) is 3.12. The quantitative estimate of drug-likeness (QED) is 0.369. The predicted octanol–water partition coefficient (Wildman–Crippen LogP) is 5.09. The molecule has 0 bridgehead atoms.